The highest BCUT2D eigenvalue weighted by atomic mass is 16.4. The number of aromatic hydroxyl groups is 1. The average molecular weight is 537 g/mol. The number of carbonyl (C=O) groups excluding carboxylic acids is 3. The molecule has 0 aromatic heterocycles. The summed E-state index contributed by atoms with van der Waals surface area (Å²) in [5.41, 5.74) is 17.6. The SMILES string of the molecule is CC(C)C(NC(=O)C(N)CCCCN)C(=O)NC(Cc1ccc(O)cc1)C(=O)NC(CCCCN)C(=O)O. The van der Waals surface area contributed by atoms with Crippen LogP contribution in [0.15, 0.2) is 24.3 Å². The topological polar surface area (TPSA) is 223 Å². The van der Waals surface area contributed by atoms with E-state index in [2.05, 4.69) is 16.0 Å². The number of phenols is 1. The van der Waals surface area contributed by atoms with Crippen LogP contribution in [0.2, 0.25) is 0 Å². The normalized spacial score (nSPS) is 14.3. The van der Waals surface area contributed by atoms with Gasteiger partial charge in [-0.2, -0.15) is 0 Å². The van der Waals surface area contributed by atoms with Crippen LogP contribution >= 0.6 is 0 Å². The van der Waals surface area contributed by atoms with Crippen LogP contribution in [0.25, 0.3) is 0 Å². The number of benzene rings is 1. The van der Waals surface area contributed by atoms with E-state index in [1.165, 1.54) is 12.1 Å². The molecule has 0 aliphatic heterocycles. The summed E-state index contributed by atoms with van der Waals surface area (Å²) in [6.07, 6.45) is 3.16. The molecule has 214 valence electrons. The minimum atomic E-state index is -1.19. The number of unbranched alkanes of at least 4 members (excludes halogenated alkanes) is 2. The lowest BCUT2D eigenvalue weighted by Gasteiger charge is -2.27. The van der Waals surface area contributed by atoms with E-state index in [1.807, 2.05) is 0 Å². The largest absolute Gasteiger partial charge is 0.508 e. The third kappa shape index (κ3) is 11.9. The number of amides is 3. The van der Waals surface area contributed by atoms with Gasteiger partial charge in [-0.1, -0.05) is 32.4 Å². The van der Waals surface area contributed by atoms with E-state index in [0.717, 1.165) is 6.42 Å². The Kier molecular flexibility index (Phi) is 15.0. The number of nitrogens with one attached hydrogen (secondary N) is 3. The minimum absolute atomic E-state index is 0.0321. The van der Waals surface area contributed by atoms with E-state index < -0.39 is 47.9 Å². The molecule has 4 atom stereocenters. The summed E-state index contributed by atoms with van der Waals surface area (Å²) in [4.78, 5) is 50.8. The average Bonchev–Trinajstić information content (AvgIpc) is 2.86. The van der Waals surface area contributed by atoms with Gasteiger partial charge < -0.3 is 43.4 Å². The molecule has 0 saturated carbocycles. The Morgan fingerprint density at radius 3 is 1.87 bits per heavy atom. The highest BCUT2D eigenvalue weighted by Crippen LogP contribution is 2.13. The maximum absolute atomic E-state index is 13.3. The van der Waals surface area contributed by atoms with Crippen molar-refractivity contribution in [1.29, 1.82) is 0 Å². The van der Waals surface area contributed by atoms with Gasteiger partial charge in [0.05, 0.1) is 6.04 Å². The number of rotatable bonds is 18. The van der Waals surface area contributed by atoms with Crippen LogP contribution in [-0.2, 0) is 25.6 Å². The van der Waals surface area contributed by atoms with E-state index in [9.17, 15) is 29.4 Å². The number of carbonyl (C=O) groups is 4. The number of hydrogen-bond donors (Lipinski definition) is 8. The van der Waals surface area contributed by atoms with E-state index in [4.69, 9.17) is 17.2 Å². The molecule has 0 heterocycles. The molecule has 0 aliphatic carbocycles. The Hall–Kier alpha value is -3.22. The molecule has 0 spiro atoms. The van der Waals surface area contributed by atoms with Crippen molar-refractivity contribution in [2.45, 2.75) is 83.0 Å². The van der Waals surface area contributed by atoms with Crippen molar-refractivity contribution in [3.8, 4) is 5.75 Å². The molecular formula is C26H44N6O6. The van der Waals surface area contributed by atoms with Gasteiger partial charge in [0.25, 0.3) is 0 Å². The zero-order valence-electron chi connectivity index (χ0n) is 22.3. The van der Waals surface area contributed by atoms with Gasteiger partial charge >= 0.3 is 5.97 Å². The Bertz CT molecular complexity index is 895. The molecule has 0 bridgehead atoms. The highest BCUT2D eigenvalue weighted by molar-refractivity contribution is 5.94. The third-order valence-electron chi connectivity index (χ3n) is 6.12. The Morgan fingerprint density at radius 1 is 0.789 bits per heavy atom. The van der Waals surface area contributed by atoms with E-state index in [0.29, 0.717) is 44.3 Å². The molecule has 0 aliphatic rings. The summed E-state index contributed by atoms with van der Waals surface area (Å²) in [5, 5.41) is 27.0. The third-order valence-corrected chi connectivity index (χ3v) is 6.12. The fourth-order valence-electron chi connectivity index (χ4n) is 3.80. The van der Waals surface area contributed by atoms with Gasteiger partial charge in [0.15, 0.2) is 0 Å². The summed E-state index contributed by atoms with van der Waals surface area (Å²) in [6.45, 7) is 4.39. The molecule has 12 heteroatoms. The number of phenolic OH excluding ortho intramolecular Hbond substituents is 1. The summed E-state index contributed by atoms with van der Waals surface area (Å²) in [7, 11) is 0. The Balaban J connectivity index is 3.05. The van der Waals surface area contributed by atoms with Crippen molar-refractivity contribution in [2.24, 2.45) is 23.1 Å². The molecule has 0 saturated heterocycles. The van der Waals surface area contributed by atoms with Crippen molar-refractivity contribution in [2.75, 3.05) is 13.1 Å². The number of carboxylic acid groups (broad SMARTS) is 1. The molecule has 12 nitrogen and oxygen atoms in total. The second-order valence-electron chi connectivity index (χ2n) is 9.74. The summed E-state index contributed by atoms with van der Waals surface area (Å²) < 4.78 is 0. The number of aliphatic carboxylic acids is 1. The van der Waals surface area contributed by atoms with Gasteiger partial charge in [-0.15, -0.1) is 0 Å². The van der Waals surface area contributed by atoms with Crippen LogP contribution in [0.4, 0.5) is 0 Å². The van der Waals surface area contributed by atoms with E-state index >= 15 is 0 Å². The molecular weight excluding hydrogens is 492 g/mol. The first-order valence-electron chi connectivity index (χ1n) is 13.1. The number of nitrogens with two attached hydrogens (primary N) is 3. The molecule has 1 aromatic carbocycles. The first-order chi connectivity index (χ1) is 18.0. The summed E-state index contributed by atoms with van der Waals surface area (Å²) in [5.74, 6) is -3.25. The highest BCUT2D eigenvalue weighted by Gasteiger charge is 2.31. The molecule has 3 amide bonds. The zero-order chi connectivity index (χ0) is 28.7. The molecule has 38 heavy (non-hydrogen) atoms. The molecule has 4 unspecified atom stereocenters. The summed E-state index contributed by atoms with van der Waals surface area (Å²) in [6, 6.07) is 2.01. The lowest BCUT2D eigenvalue weighted by Crippen LogP contribution is -2.58. The van der Waals surface area contributed by atoms with Crippen molar-refractivity contribution in [3.05, 3.63) is 29.8 Å². The second-order valence-corrected chi connectivity index (χ2v) is 9.74. The zero-order valence-corrected chi connectivity index (χ0v) is 22.3. The smallest absolute Gasteiger partial charge is 0.326 e. The van der Waals surface area contributed by atoms with Crippen molar-refractivity contribution in [3.63, 3.8) is 0 Å². The fraction of sp³-hybridized carbons (Fsp3) is 0.615. The lowest BCUT2D eigenvalue weighted by atomic mass is 9.99. The molecule has 0 fully saturated rings. The molecule has 11 N–H and O–H groups in total. The Labute approximate surface area is 224 Å². The van der Waals surface area contributed by atoms with Crippen LogP contribution in [0.5, 0.6) is 5.75 Å². The minimum Gasteiger partial charge on any atom is -0.508 e. The van der Waals surface area contributed by atoms with Gasteiger partial charge in [-0.05, 0) is 68.8 Å². The number of carboxylic acids is 1. The Morgan fingerprint density at radius 2 is 1.34 bits per heavy atom. The van der Waals surface area contributed by atoms with Gasteiger partial charge in [0.1, 0.15) is 23.9 Å². The van der Waals surface area contributed by atoms with Gasteiger partial charge in [-0.3, -0.25) is 14.4 Å². The first kappa shape index (κ1) is 32.8. The van der Waals surface area contributed by atoms with Crippen LogP contribution in [0.3, 0.4) is 0 Å². The van der Waals surface area contributed by atoms with Gasteiger partial charge in [-0.25, -0.2) is 4.79 Å². The van der Waals surface area contributed by atoms with Gasteiger partial charge in [0.2, 0.25) is 17.7 Å². The maximum atomic E-state index is 13.3. The van der Waals surface area contributed by atoms with Crippen LogP contribution in [0.1, 0.15) is 57.9 Å². The van der Waals surface area contributed by atoms with Gasteiger partial charge in [0, 0.05) is 6.42 Å². The van der Waals surface area contributed by atoms with E-state index in [-0.39, 0.29) is 24.5 Å². The van der Waals surface area contributed by atoms with Crippen LogP contribution in [0, 0.1) is 5.92 Å². The first-order valence-corrected chi connectivity index (χ1v) is 13.1. The standard InChI is InChI=1S/C26H44N6O6/c1-16(2)22(32-23(34)19(29)7-3-5-13-27)25(36)31-21(15-17-9-11-18(33)12-10-17)24(35)30-20(26(37)38)8-4-6-14-28/h9-12,16,19-22,33H,3-8,13-15,27-29H2,1-2H3,(H,30,35)(H,31,36)(H,32,34)(H,37,38). The molecule has 1 aromatic rings. The van der Waals surface area contributed by atoms with E-state index in [1.54, 1.807) is 26.0 Å². The van der Waals surface area contributed by atoms with Crippen LogP contribution in [-0.4, -0.2) is 71.2 Å². The lowest BCUT2D eigenvalue weighted by molar-refractivity contribution is -0.142. The predicted molar refractivity (Wildman–Crippen MR) is 144 cm³/mol. The molecule has 1 rings (SSSR count). The molecule has 0 radical (unpaired) electrons. The maximum Gasteiger partial charge on any atom is 0.326 e. The predicted octanol–water partition coefficient (Wildman–Crippen LogP) is -0.285. The quantitative estimate of drug-likeness (QED) is 0.115. The van der Waals surface area contributed by atoms with Crippen molar-refractivity contribution >= 4 is 23.7 Å². The van der Waals surface area contributed by atoms with Crippen LogP contribution < -0.4 is 33.2 Å². The van der Waals surface area contributed by atoms with Crippen molar-refractivity contribution < 1.29 is 29.4 Å². The number of hydrogen-bond acceptors (Lipinski definition) is 8. The van der Waals surface area contributed by atoms with Crippen molar-refractivity contribution in [1.82, 2.24) is 16.0 Å². The fourth-order valence-corrected chi connectivity index (χ4v) is 3.80. The second kappa shape index (κ2) is 17.3. The summed E-state index contributed by atoms with van der Waals surface area (Å²) >= 11 is 0. The monoisotopic (exact) mass is 536 g/mol.